The molecule has 1 saturated heterocycles. The molecule has 1 fully saturated rings. The van der Waals surface area contributed by atoms with E-state index >= 15 is 0 Å². The van der Waals surface area contributed by atoms with Gasteiger partial charge in [-0.1, -0.05) is 69.7 Å². The van der Waals surface area contributed by atoms with Crippen LogP contribution in [0.1, 0.15) is 71.3 Å². The Morgan fingerprint density at radius 2 is 1.63 bits per heavy atom. The molecule has 1 heterocycles. The van der Waals surface area contributed by atoms with E-state index in [1.807, 2.05) is 18.2 Å². The molecular weight excluding hydrogens is 340 g/mol. The summed E-state index contributed by atoms with van der Waals surface area (Å²) in [6, 6.07) is 8.02. The van der Waals surface area contributed by atoms with Gasteiger partial charge in [0.2, 0.25) is 5.79 Å². The van der Waals surface area contributed by atoms with Crippen molar-refractivity contribution in [3.63, 3.8) is 0 Å². The summed E-state index contributed by atoms with van der Waals surface area (Å²) in [5.41, 5.74) is 1.20. The fourth-order valence-electron chi connectivity index (χ4n) is 2.35. The van der Waals surface area contributed by atoms with Crippen LogP contribution in [0.5, 0.6) is 5.75 Å². The van der Waals surface area contributed by atoms with Crippen molar-refractivity contribution in [3.05, 3.63) is 42.5 Å². The van der Waals surface area contributed by atoms with E-state index in [0.29, 0.717) is 0 Å². The molecule has 1 N–H and O–H groups in total. The highest BCUT2D eigenvalue weighted by Crippen LogP contribution is 2.24. The maximum Gasteiger partial charge on any atom is 0.202 e. The maximum atomic E-state index is 9.77. The van der Waals surface area contributed by atoms with Crippen LogP contribution in [-0.2, 0) is 16.3 Å². The number of benzene rings is 1. The number of epoxide rings is 1. The average Bonchev–Trinajstić information content (AvgIpc) is 3.50. The first-order valence-corrected chi connectivity index (χ1v) is 10.2. The number of hydrogen-bond acceptors (Lipinski definition) is 3. The highest BCUT2D eigenvalue weighted by molar-refractivity contribution is 5.33. The first-order chi connectivity index (χ1) is 12.9. The standard InChI is InChI=1S/C18H30O2.C3H5O.C2H4O/c1-4-5-6-7-8-9-10-13-16-14-11-12-15-17(16)20-18(2,3)19;1-2-3-4;1-2-3-1/h11-12,14-15,19H,4-10,13H2,1-3H3;2H,1,3H2;1-2H2. The van der Waals surface area contributed by atoms with Crippen LogP contribution in [0.2, 0.25) is 0 Å². The van der Waals surface area contributed by atoms with E-state index in [2.05, 4.69) is 24.3 Å². The number of rotatable bonds is 11. The molecule has 0 atom stereocenters. The van der Waals surface area contributed by atoms with Gasteiger partial charge in [-0.05, 0) is 24.5 Å². The minimum Gasteiger partial charge on any atom is -0.463 e. The summed E-state index contributed by atoms with van der Waals surface area (Å²) in [6.45, 7) is 10.6. The van der Waals surface area contributed by atoms with Crippen molar-refractivity contribution < 1.29 is 19.7 Å². The fourth-order valence-corrected chi connectivity index (χ4v) is 2.35. The van der Waals surface area contributed by atoms with Crippen molar-refractivity contribution in [1.82, 2.24) is 0 Å². The minimum atomic E-state index is -1.11. The van der Waals surface area contributed by atoms with Gasteiger partial charge in [0, 0.05) is 13.8 Å². The Morgan fingerprint density at radius 1 is 1.11 bits per heavy atom. The topological polar surface area (TPSA) is 61.9 Å². The summed E-state index contributed by atoms with van der Waals surface area (Å²) in [4.78, 5) is 0. The quantitative estimate of drug-likeness (QED) is 0.232. The van der Waals surface area contributed by atoms with Gasteiger partial charge < -0.3 is 14.6 Å². The zero-order valence-corrected chi connectivity index (χ0v) is 17.5. The summed E-state index contributed by atoms with van der Waals surface area (Å²) in [5, 5.41) is 18.9. The SMILES string of the molecule is C1CO1.C=CC[O].CCCCCCCCCc1ccccc1OC(C)(C)O. The second-order valence-electron chi connectivity index (χ2n) is 7.10. The predicted octanol–water partition coefficient (Wildman–Crippen LogP) is 5.71. The summed E-state index contributed by atoms with van der Waals surface area (Å²) in [6.07, 6.45) is 11.5. The Hall–Kier alpha value is -1.36. The predicted molar refractivity (Wildman–Crippen MR) is 112 cm³/mol. The van der Waals surface area contributed by atoms with Crippen LogP contribution in [0.3, 0.4) is 0 Å². The highest BCUT2D eigenvalue weighted by atomic mass is 16.6. The number of hydrogen-bond donors (Lipinski definition) is 1. The normalized spacial score (nSPS) is 12.2. The van der Waals surface area contributed by atoms with E-state index in [0.717, 1.165) is 25.4 Å². The molecule has 1 aliphatic rings. The molecule has 0 aromatic heterocycles. The monoisotopic (exact) mass is 379 g/mol. The molecule has 2 rings (SSSR count). The summed E-state index contributed by atoms with van der Waals surface area (Å²) in [7, 11) is 0. The second kappa shape index (κ2) is 16.8. The fraction of sp³-hybridized carbons (Fsp3) is 0.652. The smallest absolute Gasteiger partial charge is 0.202 e. The van der Waals surface area contributed by atoms with Crippen LogP contribution in [0, 0.1) is 0 Å². The lowest BCUT2D eigenvalue weighted by Crippen LogP contribution is -2.27. The third kappa shape index (κ3) is 19.2. The Morgan fingerprint density at radius 3 is 2.11 bits per heavy atom. The lowest BCUT2D eigenvalue weighted by Gasteiger charge is -2.21. The van der Waals surface area contributed by atoms with Gasteiger partial charge in [0.05, 0.1) is 13.2 Å². The Bertz CT molecular complexity index is 461. The van der Waals surface area contributed by atoms with Crippen LogP contribution in [0.15, 0.2) is 36.9 Å². The molecule has 0 aliphatic carbocycles. The summed E-state index contributed by atoms with van der Waals surface area (Å²) in [5.74, 6) is -0.304. The van der Waals surface area contributed by atoms with Crippen molar-refractivity contribution >= 4 is 0 Å². The van der Waals surface area contributed by atoms with Gasteiger partial charge in [0.25, 0.3) is 0 Å². The number of unbranched alkanes of at least 4 members (excludes halogenated alkanes) is 6. The highest BCUT2D eigenvalue weighted by Gasteiger charge is 2.15. The van der Waals surface area contributed by atoms with E-state index in [-0.39, 0.29) is 6.61 Å². The van der Waals surface area contributed by atoms with Crippen molar-refractivity contribution in [2.45, 2.75) is 77.9 Å². The van der Waals surface area contributed by atoms with E-state index in [4.69, 9.17) is 4.74 Å². The third-order valence-corrected chi connectivity index (χ3v) is 3.70. The van der Waals surface area contributed by atoms with Gasteiger partial charge in [-0.3, -0.25) is 0 Å². The number of ether oxygens (including phenoxy) is 2. The zero-order valence-electron chi connectivity index (χ0n) is 17.5. The van der Waals surface area contributed by atoms with Crippen molar-refractivity contribution in [2.75, 3.05) is 19.8 Å². The molecule has 4 nitrogen and oxygen atoms in total. The molecular formula is C23H39O4. The molecule has 155 valence electrons. The Kier molecular flexibility index (Phi) is 15.9. The first-order valence-electron chi connectivity index (χ1n) is 10.2. The van der Waals surface area contributed by atoms with Gasteiger partial charge >= 0.3 is 0 Å². The molecule has 27 heavy (non-hydrogen) atoms. The van der Waals surface area contributed by atoms with Gasteiger partial charge in [0.1, 0.15) is 12.4 Å². The lowest BCUT2D eigenvalue weighted by atomic mass is 10.0. The zero-order chi connectivity index (χ0) is 20.4. The molecule has 0 spiro atoms. The van der Waals surface area contributed by atoms with E-state index in [9.17, 15) is 10.2 Å². The van der Waals surface area contributed by atoms with Crippen molar-refractivity contribution in [2.24, 2.45) is 0 Å². The van der Waals surface area contributed by atoms with Gasteiger partial charge in [-0.2, -0.15) is 0 Å². The van der Waals surface area contributed by atoms with Crippen LogP contribution in [-0.4, -0.2) is 30.7 Å². The lowest BCUT2D eigenvalue weighted by molar-refractivity contribution is -0.105. The summed E-state index contributed by atoms with van der Waals surface area (Å²) >= 11 is 0. The largest absolute Gasteiger partial charge is 0.463 e. The molecule has 1 radical (unpaired) electrons. The molecule has 0 saturated carbocycles. The maximum absolute atomic E-state index is 9.77. The van der Waals surface area contributed by atoms with Crippen LogP contribution in [0.4, 0.5) is 0 Å². The van der Waals surface area contributed by atoms with Crippen LogP contribution in [0.25, 0.3) is 0 Å². The molecule has 1 aromatic carbocycles. The van der Waals surface area contributed by atoms with Crippen LogP contribution >= 0.6 is 0 Å². The van der Waals surface area contributed by atoms with E-state index < -0.39 is 5.79 Å². The average molecular weight is 380 g/mol. The molecule has 1 aromatic rings. The summed E-state index contributed by atoms with van der Waals surface area (Å²) < 4.78 is 10.1. The van der Waals surface area contributed by atoms with Crippen molar-refractivity contribution in [1.29, 1.82) is 0 Å². The molecule has 0 unspecified atom stereocenters. The minimum absolute atomic E-state index is 0.167. The van der Waals surface area contributed by atoms with Crippen LogP contribution < -0.4 is 4.74 Å². The number of para-hydroxylation sites is 1. The Labute approximate surface area is 166 Å². The first kappa shape index (κ1) is 25.6. The molecule has 1 aliphatic heterocycles. The van der Waals surface area contributed by atoms with Gasteiger partial charge in [-0.25, -0.2) is 5.11 Å². The Balaban J connectivity index is 0.000000809. The third-order valence-electron chi connectivity index (χ3n) is 3.70. The molecule has 4 heteroatoms. The van der Waals surface area contributed by atoms with E-state index in [1.54, 1.807) is 13.8 Å². The van der Waals surface area contributed by atoms with Gasteiger partial charge in [0.15, 0.2) is 0 Å². The number of aliphatic hydroxyl groups is 1. The second-order valence-corrected chi connectivity index (χ2v) is 7.10. The molecule has 0 amide bonds. The van der Waals surface area contributed by atoms with Crippen molar-refractivity contribution in [3.8, 4) is 5.75 Å². The van der Waals surface area contributed by atoms with Gasteiger partial charge in [-0.15, -0.1) is 6.58 Å². The van der Waals surface area contributed by atoms with E-state index in [1.165, 1.54) is 56.6 Å². The number of aryl methyl sites for hydroxylation is 1. The molecule has 0 bridgehead atoms.